The fourth-order valence-electron chi connectivity index (χ4n) is 3.29. The van der Waals surface area contributed by atoms with Gasteiger partial charge < -0.3 is 10.1 Å². The smallest absolute Gasteiger partial charge is 0.273 e. The van der Waals surface area contributed by atoms with Gasteiger partial charge in [-0.1, -0.05) is 63.6 Å². The van der Waals surface area contributed by atoms with Gasteiger partial charge in [0.1, 0.15) is 6.10 Å². The monoisotopic (exact) mass is 440 g/mol. The van der Waals surface area contributed by atoms with E-state index in [1.807, 2.05) is 42.5 Å². The van der Waals surface area contributed by atoms with Crippen LogP contribution < -0.4 is 5.32 Å². The van der Waals surface area contributed by atoms with Crippen LogP contribution in [0.5, 0.6) is 0 Å². The van der Waals surface area contributed by atoms with Gasteiger partial charge in [-0.15, -0.1) is 5.10 Å². The molecule has 4 rings (SSSR count). The van der Waals surface area contributed by atoms with Crippen molar-refractivity contribution in [3.63, 3.8) is 0 Å². The van der Waals surface area contributed by atoms with E-state index in [4.69, 9.17) is 4.74 Å². The van der Waals surface area contributed by atoms with Crippen LogP contribution in [0.25, 0.3) is 0 Å². The van der Waals surface area contributed by atoms with E-state index in [2.05, 4.69) is 43.7 Å². The van der Waals surface area contributed by atoms with Crippen LogP contribution in [-0.4, -0.2) is 27.4 Å². The molecule has 0 radical (unpaired) electrons. The van der Waals surface area contributed by atoms with Gasteiger partial charge in [-0.3, -0.25) is 4.79 Å². The van der Waals surface area contributed by atoms with Crippen molar-refractivity contribution in [1.82, 2.24) is 20.3 Å². The zero-order valence-electron chi connectivity index (χ0n) is 15.3. The third-order valence-corrected chi connectivity index (χ3v) is 5.35. The molecule has 1 aliphatic rings. The molecule has 0 saturated carbocycles. The Balaban J connectivity index is 1.33. The van der Waals surface area contributed by atoms with Gasteiger partial charge in [-0.05, 0) is 36.1 Å². The normalized spacial score (nSPS) is 15.8. The number of nitrogens with zero attached hydrogens (tertiary/aromatic N) is 3. The molecule has 28 heavy (non-hydrogen) atoms. The van der Waals surface area contributed by atoms with Gasteiger partial charge in [0.05, 0.1) is 18.8 Å². The Morgan fingerprint density at radius 1 is 1.18 bits per heavy atom. The van der Waals surface area contributed by atoms with Crippen molar-refractivity contribution in [2.45, 2.75) is 32.1 Å². The molecular formula is C21H21BrN4O2. The highest BCUT2D eigenvalue weighted by Crippen LogP contribution is 2.27. The van der Waals surface area contributed by atoms with E-state index in [0.717, 1.165) is 28.6 Å². The van der Waals surface area contributed by atoms with Gasteiger partial charge in [-0.25, -0.2) is 4.68 Å². The molecule has 1 aliphatic heterocycles. The molecule has 2 aromatic carbocycles. The van der Waals surface area contributed by atoms with Crippen LogP contribution in [0.4, 0.5) is 0 Å². The predicted molar refractivity (Wildman–Crippen MR) is 109 cm³/mol. The number of fused-ring (bicyclic) bond motifs is 1. The van der Waals surface area contributed by atoms with Crippen molar-refractivity contribution >= 4 is 21.8 Å². The first kappa shape index (κ1) is 18.8. The molecular weight excluding hydrogens is 420 g/mol. The summed E-state index contributed by atoms with van der Waals surface area (Å²) in [5.41, 5.74) is 3.43. The first-order valence-electron chi connectivity index (χ1n) is 9.32. The third-order valence-electron chi connectivity index (χ3n) is 4.83. The van der Waals surface area contributed by atoms with Gasteiger partial charge in [-0.2, -0.15) is 0 Å². The Hall–Kier alpha value is -2.51. The molecule has 1 atom stereocenters. The summed E-state index contributed by atoms with van der Waals surface area (Å²) >= 11 is 3.44. The lowest BCUT2D eigenvalue weighted by Gasteiger charge is -2.24. The number of benzene rings is 2. The second-order valence-corrected chi connectivity index (χ2v) is 7.68. The van der Waals surface area contributed by atoms with Crippen LogP contribution in [0.2, 0.25) is 0 Å². The topological polar surface area (TPSA) is 69.0 Å². The van der Waals surface area contributed by atoms with Gasteiger partial charge in [0, 0.05) is 11.0 Å². The molecule has 0 unspecified atom stereocenters. The number of amides is 1. The number of hydrogen-bond acceptors (Lipinski definition) is 4. The predicted octanol–water partition coefficient (Wildman–Crippen LogP) is 3.67. The lowest BCUT2D eigenvalue weighted by atomic mass is 10.1. The maximum absolute atomic E-state index is 12.5. The second-order valence-electron chi connectivity index (χ2n) is 6.76. The zero-order chi connectivity index (χ0) is 19.3. The average molecular weight is 441 g/mol. The van der Waals surface area contributed by atoms with E-state index in [0.29, 0.717) is 25.4 Å². The molecule has 1 amide bonds. The summed E-state index contributed by atoms with van der Waals surface area (Å²) in [5.74, 6) is -0.194. The number of hydrogen-bond donors (Lipinski definition) is 1. The van der Waals surface area contributed by atoms with Crippen molar-refractivity contribution in [3.05, 3.63) is 81.6 Å². The van der Waals surface area contributed by atoms with E-state index >= 15 is 0 Å². The zero-order valence-corrected chi connectivity index (χ0v) is 16.9. The number of aromatic nitrogens is 3. The number of carbonyl (C=O) groups excluding carboxylic acids is 1. The van der Waals surface area contributed by atoms with E-state index in [9.17, 15) is 4.79 Å². The molecule has 1 aromatic heterocycles. The van der Waals surface area contributed by atoms with Gasteiger partial charge >= 0.3 is 0 Å². The highest BCUT2D eigenvalue weighted by Gasteiger charge is 2.27. The maximum atomic E-state index is 12.5. The van der Waals surface area contributed by atoms with Gasteiger partial charge in [0.25, 0.3) is 5.91 Å². The third kappa shape index (κ3) is 4.31. The van der Waals surface area contributed by atoms with Crippen LogP contribution in [0.15, 0.2) is 59.1 Å². The summed E-state index contributed by atoms with van der Waals surface area (Å²) in [6, 6.07) is 18.3. The fraction of sp³-hybridized carbons (Fsp3) is 0.286. The number of carbonyl (C=O) groups is 1. The summed E-state index contributed by atoms with van der Waals surface area (Å²) in [6.45, 7) is 1.47. The summed E-state index contributed by atoms with van der Waals surface area (Å²) in [7, 11) is 0. The highest BCUT2D eigenvalue weighted by molar-refractivity contribution is 9.10. The van der Waals surface area contributed by atoms with E-state index in [1.54, 1.807) is 4.68 Å². The first-order chi connectivity index (χ1) is 13.7. The van der Waals surface area contributed by atoms with Gasteiger partial charge in [0.2, 0.25) is 0 Å². The molecule has 0 aliphatic carbocycles. The van der Waals surface area contributed by atoms with Crippen LogP contribution in [0, 0.1) is 0 Å². The first-order valence-corrected chi connectivity index (χ1v) is 10.1. The minimum atomic E-state index is -0.194. The van der Waals surface area contributed by atoms with Gasteiger partial charge in [0.15, 0.2) is 5.69 Å². The summed E-state index contributed by atoms with van der Waals surface area (Å²) < 4.78 is 8.77. The van der Waals surface area contributed by atoms with Crippen LogP contribution >= 0.6 is 15.9 Å². The molecule has 2 heterocycles. The van der Waals surface area contributed by atoms with E-state index in [1.165, 1.54) is 5.56 Å². The number of aryl methyl sites for hydroxylation is 1. The van der Waals surface area contributed by atoms with E-state index in [-0.39, 0.29) is 12.0 Å². The van der Waals surface area contributed by atoms with Crippen LogP contribution in [0.1, 0.15) is 39.8 Å². The molecule has 0 spiro atoms. The number of rotatable bonds is 6. The minimum Gasteiger partial charge on any atom is -0.365 e. The molecule has 7 heteroatoms. The fourth-order valence-corrected chi connectivity index (χ4v) is 3.55. The molecule has 144 valence electrons. The summed E-state index contributed by atoms with van der Waals surface area (Å²) in [6.07, 6.45) is 1.71. The Kier molecular flexibility index (Phi) is 5.83. The standard InChI is InChI=1S/C21H21BrN4O2/c22-17-10-8-16(9-11-17)19-13-26-18(14-28-19)20(24-25-26)21(27)23-12-4-7-15-5-2-1-3-6-15/h1-3,5-6,8-11,19H,4,7,12-14H2,(H,23,27)/t19-/m1/s1. The molecule has 1 N–H and O–H groups in total. The summed E-state index contributed by atoms with van der Waals surface area (Å²) in [4.78, 5) is 12.5. The molecule has 0 fully saturated rings. The Bertz CT molecular complexity index is 941. The average Bonchev–Trinajstić information content (AvgIpc) is 3.16. The van der Waals surface area contributed by atoms with E-state index < -0.39 is 0 Å². The van der Waals surface area contributed by atoms with Crippen molar-refractivity contribution < 1.29 is 9.53 Å². The lowest BCUT2D eigenvalue weighted by molar-refractivity contribution is -0.00177. The number of nitrogens with one attached hydrogen (secondary N) is 1. The maximum Gasteiger partial charge on any atom is 0.273 e. The number of halogens is 1. The molecule has 0 saturated heterocycles. The largest absolute Gasteiger partial charge is 0.365 e. The Morgan fingerprint density at radius 2 is 1.96 bits per heavy atom. The molecule has 6 nitrogen and oxygen atoms in total. The SMILES string of the molecule is O=C(NCCCc1ccccc1)c1nnn2c1CO[C@@H](c1ccc(Br)cc1)C2. The quantitative estimate of drug-likeness (QED) is 0.593. The van der Waals surface area contributed by atoms with Crippen molar-refractivity contribution in [2.75, 3.05) is 6.54 Å². The second kappa shape index (κ2) is 8.67. The highest BCUT2D eigenvalue weighted by atomic mass is 79.9. The van der Waals surface area contributed by atoms with Crippen molar-refractivity contribution in [3.8, 4) is 0 Å². The number of ether oxygens (including phenoxy) is 1. The minimum absolute atomic E-state index is 0.0934. The van der Waals surface area contributed by atoms with Crippen LogP contribution in [-0.2, 0) is 24.3 Å². The Morgan fingerprint density at radius 3 is 2.75 bits per heavy atom. The molecule has 3 aromatic rings. The van der Waals surface area contributed by atoms with Crippen molar-refractivity contribution in [2.24, 2.45) is 0 Å². The lowest BCUT2D eigenvalue weighted by Crippen LogP contribution is -2.28. The molecule has 0 bridgehead atoms. The summed E-state index contributed by atoms with van der Waals surface area (Å²) in [5, 5.41) is 11.2. The van der Waals surface area contributed by atoms with Crippen molar-refractivity contribution in [1.29, 1.82) is 0 Å². The Labute approximate surface area is 172 Å². The van der Waals surface area contributed by atoms with Crippen LogP contribution in [0.3, 0.4) is 0 Å².